The molecule has 1 heterocycles. The zero-order valence-electron chi connectivity index (χ0n) is 11.9. The highest BCUT2D eigenvalue weighted by atomic mass is 79.9. The predicted octanol–water partition coefficient (Wildman–Crippen LogP) is 0.826. The van der Waals surface area contributed by atoms with Gasteiger partial charge >= 0.3 is 0 Å². The van der Waals surface area contributed by atoms with Crippen LogP contribution in [0, 0.1) is 0 Å². The molecule has 22 heavy (non-hydrogen) atoms. The molecule has 6 nitrogen and oxygen atoms in total. The van der Waals surface area contributed by atoms with E-state index in [0.29, 0.717) is 5.56 Å². The average Bonchev–Trinajstić information content (AvgIpc) is 2.47. The van der Waals surface area contributed by atoms with Crippen LogP contribution in [0.1, 0.15) is 16.8 Å². The fraction of sp³-hybridized carbons (Fsp3) is 0.429. The minimum Gasteiger partial charge on any atom is -0.352 e. The first-order chi connectivity index (χ1) is 10.4. The Kier molecular flexibility index (Phi) is 5.57. The summed E-state index contributed by atoms with van der Waals surface area (Å²) in [7, 11) is -2.99. The van der Waals surface area contributed by atoms with Gasteiger partial charge < -0.3 is 10.2 Å². The lowest BCUT2D eigenvalue weighted by Crippen LogP contribution is -2.44. The molecule has 1 fully saturated rings. The van der Waals surface area contributed by atoms with Crippen LogP contribution in [0.4, 0.5) is 0 Å². The van der Waals surface area contributed by atoms with Gasteiger partial charge in [0, 0.05) is 36.1 Å². The largest absolute Gasteiger partial charge is 0.352 e. The first-order valence-electron chi connectivity index (χ1n) is 6.89. The lowest BCUT2D eigenvalue weighted by molar-refractivity contribution is -0.130. The molecular weight excluding hydrogens is 372 g/mol. The van der Waals surface area contributed by atoms with E-state index in [9.17, 15) is 18.0 Å². The number of sulfone groups is 1. The molecule has 1 aromatic carbocycles. The van der Waals surface area contributed by atoms with E-state index in [2.05, 4.69) is 21.2 Å². The lowest BCUT2D eigenvalue weighted by Gasteiger charge is -2.26. The highest BCUT2D eigenvalue weighted by molar-refractivity contribution is 9.10. The van der Waals surface area contributed by atoms with Crippen LogP contribution in [0.15, 0.2) is 28.7 Å². The standard InChI is InChI=1S/C14H17BrN2O4S/c15-12-3-1-11(2-4-12)14(19)16-6-5-13(18)17-7-9-22(20,21)10-8-17/h1-4H,5-10H2,(H,16,19). The van der Waals surface area contributed by atoms with Gasteiger partial charge in [0.05, 0.1) is 11.5 Å². The third-order valence-corrected chi connectivity index (χ3v) is 5.57. The van der Waals surface area contributed by atoms with Gasteiger partial charge in [0.1, 0.15) is 0 Å². The number of amides is 2. The van der Waals surface area contributed by atoms with Crippen molar-refractivity contribution < 1.29 is 18.0 Å². The zero-order valence-corrected chi connectivity index (χ0v) is 14.3. The zero-order chi connectivity index (χ0) is 16.2. The van der Waals surface area contributed by atoms with Crippen molar-refractivity contribution in [3.63, 3.8) is 0 Å². The summed E-state index contributed by atoms with van der Waals surface area (Å²) in [6.07, 6.45) is 0.169. The van der Waals surface area contributed by atoms with Crippen LogP contribution in [-0.4, -0.2) is 56.3 Å². The van der Waals surface area contributed by atoms with Crippen molar-refractivity contribution >= 4 is 37.6 Å². The third-order valence-electron chi connectivity index (χ3n) is 3.43. The SMILES string of the molecule is O=C(NCCC(=O)N1CCS(=O)(=O)CC1)c1ccc(Br)cc1. The quantitative estimate of drug-likeness (QED) is 0.827. The second kappa shape index (κ2) is 7.23. The molecule has 1 aliphatic rings. The van der Waals surface area contributed by atoms with Crippen molar-refractivity contribution in [2.45, 2.75) is 6.42 Å². The van der Waals surface area contributed by atoms with Crippen LogP contribution in [0.5, 0.6) is 0 Å². The summed E-state index contributed by atoms with van der Waals surface area (Å²) >= 11 is 3.29. The minimum absolute atomic E-state index is 0.0178. The van der Waals surface area contributed by atoms with Crippen molar-refractivity contribution in [2.75, 3.05) is 31.1 Å². The highest BCUT2D eigenvalue weighted by Gasteiger charge is 2.24. The van der Waals surface area contributed by atoms with Gasteiger partial charge in [0.15, 0.2) is 9.84 Å². The lowest BCUT2D eigenvalue weighted by atomic mass is 10.2. The van der Waals surface area contributed by atoms with Crippen LogP contribution < -0.4 is 5.32 Å². The topological polar surface area (TPSA) is 83.6 Å². The van der Waals surface area contributed by atoms with E-state index in [0.717, 1.165) is 4.47 Å². The number of nitrogens with one attached hydrogen (secondary N) is 1. The number of hydrogen-bond donors (Lipinski definition) is 1. The Labute approximate surface area is 137 Å². The maximum atomic E-state index is 11.9. The molecule has 0 saturated carbocycles. The number of carbonyl (C=O) groups excluding carboxylic acids is 2. The maximum absolute atomic E-state index is 11.9. The summed E-state index contributed by atoms with van der Waals surface area (Å²) < 4.78 is 23.5. The molecule has 2 amide bonds. The van der Waals surface area contributed by atoms with Gasteiger partial charge in [-0.25, -0.2) is 8.42 Å². The van der Waals surface area contributed by atoms with Crippen LogP contribution in [-0.2, 0) is 14.6 Å². The minimum atomic E-state index is -2.99. The van der Waals surface area contributed by atoms with E-state index in [1.807, 2.05) is 0 Å². The Balaban J connectivity index is 1.75. The summed E-state index contributed by atoms with van der Waals surface area (Å²) in [4.78, 5) is 25.3. The highest BCUT2D eigenvalue weighted by Crippen LogP contribution is 2.10. The van der Waals surface area contributed by atoms with Gasteiger partial charge in [-0.15, -0.1) is 0 Å². The molecule has 1 N–H and O–H groups in total. The average molecular weight is 389 g/mol. The number of hydrogen-bond acceptors (Lipinski definition) is 4. The molecule has 0 radical (unpaired) electrons. The van der Waals surface area contributed by atoms with E-state index in [1.165, 1.54) is 4.90 Å². The Morgan fingerprint density at radius 1 is 1.14 bits per heavy atom. The van der Waals surface area contributed by atoms with Crippen LogP contribution in [0.2, 0.25) is 0 Å². The maximum Gasteiger partial charge on any atom is 0.251 e. The van der Waals surface area contributed by atoms with E-state index >= 15 is 0 Å². The first kappa shape index (κ1) is 17.0. The van der Waals surface area contributed by atoms with Gasteiger partial charge in [0.25, 0.3) is 5.91 Å². The molecule has 2 rings (SSSR count). The monoisotopic (exact) mass is 388 g/mol. The predicted molar refractivity (Wildman–Crippen MR) is 86.3 cm³/mol. The molecule has 0 atom stereocenters. The van der Waals surface area contributed by atoms with Gasteiger partial charge in [-0.05, 0) is 24.3 Å². The normalized spacial score (nSPS) is 17.0. The van der Waals surface area contributed by atoms with Gasteiger partial charge in [-0.3, -0.25) is 9.59 Å². The molecule has 1 saturated heterocycles. The summed E-state index contributed by atoms with van der Waals surface area (Å²) in [6, 6.07) is 6.93. The van der Waals surface area contributed by atoms with Crippen molar-refractivity contribution in [1.82, 2.24) is 10.2 Å². The second-order valence-corrected chi connectivity index (χ2v) is 8.26. The molecule has 0 aromatic heterocycles. The molecular formula is C14H17BrN2O4S. The van der Waals surface area contributed by atoms with E-state index in [4.69, 9.17) is 0 Å². The number of halogens is 1. The van der Waals surface area contributed by atoms with E-state index < -0.39 is 9.84 Å². The van der Waals surface area contributed by atoms with Crippen LogP contribution in [0.3, 0.4) is 0 Å². The van der Waals surface area contributed by atoms with Crippen molar-refractivity contribution in [2.24, 2.45) is 0 Å². The number of nitrogens with zero attached hydrogens (tertiary/aromatic N) is 1. The van der Waals surface area contributed by atoms with Crippen molar-refractivity contribution in [3.05, 3.63) is 34.3 Å². The molecule has 0 unspecified atom stereocenters. The van der Waals surface area contributed by atoms with E-state index in [1.54, 1.807) is 24.3 Å². The Morgan fingerprint density at radius 2 is 1.73 bits per heavy atom. The molecule has 8 heteroatoms. The molecule has 0 bridgehead atoms. The Morgan fingerprint density at radius 3 is 2.32 bits per heavy atom. The van der Waals surface area contributed by atoms with Crippen molar-refractivity contribution in [3.8, 4) is 0 Å². The molecule has 1 aromatic rings. The molecule has 1 aliphatic heterocycles. The van der Waals surface area contributed by atoms with Gasteiger partial charge in [0.2, 0.25) is 5.91 Å². The van der Waals surface area contributed by atoms with Gasteiger partial charge in [-0.1, -0.05) is 15.9 Å². The Hall–Kier alpha value is -1.41. The number of benzene rings is 1. The van der Waals surface area contributed by atoms with Crippen molar-refractivity contribution in [1.29, 1.82) is 0 Å². The van der Waals surface area contributed by atoms with Crippen LogP contribution in [0.25, 0.3) is 0 Å². The molecule has 0 spiro atoms. The summed E-state index contributed by atoms with van der Waals surface area (Å²) in [6.45, 7) is 0.709. The summed E-state index contributed by atoms with van der Waals surface area (Å²) in [5.41, 5.74) is 0.528. The molecule has 0 aliphatic carbocycles. The second-order valence-electron chi connectivity index (χ2n) is 5.05. The molecule has 120 valence electrons. The summed E-state index contributed by atoms with van der Waals surface area (Å²) in [5, 5.41) is 2.68. The first-order valence-corrected chi connectivity index (χ1v) is 9.51. The fourth-order valence-corrected chi connectivity index (χ4v) is 3.57. The number of rotatable bonds is 4. The van der Waals surface area contributed by atoms with Crippen LogP contribution >= 0.6 is 15.9 Å². The Bertz CT molecular complexity index is 644. The third kappa shape index (κ3) is 4.81. The van der Waals surface area contributed by atoms with Gasteiger partial charge in [-0.2, -0.15) is 0 Å². The van der Waals surface area contributed by atoms with E-state index in [-0.39, 0.29) is 49.4 Å². The fourth-order valence-electron chi connectivity index (χ4n) is 2.11. The number of carbonyl (C=O) groups is 2. The smallest absolute Gasteiger partial charge is 0.251 e. The summed E-state index contributed by atoms with van der Waals surface area (Å²) in [5.74, 6) is -0.332.